The molecule has 2 heterocycles. The molecule has 0 aliphatic carbocycles. The third kappa shape index (κ3) is 3.16. The maximum absolute atomic E-state index is 5.69. The fraction of sp³-hybridized carbons (Fsp3) is 0.455. The minimum absolute atomic E-state index is 0.472. The molecule has 96 valence electrons. The molecule has 7 nitrogen and oxygen atoms in total. The molecule has 0 fully saturated rings. The molecule has 0 unspecified atom stereocenters. The lowest BCUT2D eigenvalue weighted by Gasteiger charge is -2.06. The van der Waals surface area contributed by atoms with E-state index in [2.05, 4.69) is 25.4 Å². The van der Waals surface area contributed by atoms with Gasteiger partial charge < -0.3 is 15.6 Å². The second kappa shape index (κ2) is 5.44. The Morgan fingerprint density at radius 2 is 2.11 bits per heavy atom. The molecule has 0 saturated heterocycles. The van der Waals surface area contributed by atoms with Crippen LogP contribution >= 0.6 is 0 Å². The molecular formula is C11H16N6O. The lowest BCUT2D eigenvalue weighted by molar-refractivity contribution is 0.387. The Balaban J connectivity index is 1.91. The van der Waals surface area contributed by atoms with Crippen molar-refractivity contribution < 1.29 is 4.52 Å². The van der Waals surface area contributed by atoms with Crippen LogP contribution in [0.15, 0.2) is 10.6 Å². The van der Waals surface area contributed by atoms with Crippen molar-refractivity contribution in [2.75, 3.05) is 17.6 Å². The van der Waals surface area contributed by atoms with Crippen molar-refractivity contribution >= 4 is 11.6 Å². The first-order chi connectivity index (χ1) is 8.67. The molecule has 0 aromatic carbocycles. The summed E-state index contributed by atoms with van der Waals surface area (Å²) in [4.78, 5) is 12.5. The van der Waals surface area contributed by atoms with Crippen molar-refractivity contribution in [1.82, 2.24) is 20.1 Å². The molecule has 3 N–H and O–H groups in total. The Bertz CT molecular complexity index is 524. The molecule has 2 aromatic rings. The molecule has 0 spiro atoms. The van der Waals surface area contributed by atoms with E-state index in [0.717, 1.165) is 18.1 Å². The summed E-state index contributed by atoms with van der Waals surface area (Å²) in [5.74, 6) is 3.18. The van der Waals surface area contributed by atoms with E-state index in [1.54, 1.807) is 13.0 Å². The molecule has 0 saturated carbocycles. The molecule has 7 heteroatoms. The fourth-order valence-corrected chi connectivity index (χ4v) is 1.51. The molecule has 0 atom stereocenters. The van der Waals surface area contributed by atoms with Crippen molar-refractivity contribution in [2.45, 2.75) is 26.7 Å². The predicted octanol–water partition coefficient (Wildman–Crippen LogP) is 0.967. The van der Waals surface area contributed by atoms with Gasteiger partial charge in [-0.1, -0.05) is 12.1 Å². The van der Waals surface area contributed by atoms with Crippen LogP contribution in [-0.2, 0) is 12.8 Å². The van der Waals surface area contributed by atoms with Gasteiger partial charge in [0.05, 0.1) is 0 Å². The largest absolute Gasteiger partial charge is 0.384 e. The summed E-state index contributed by atoms with van der Waals surface area (Å²) in [6.07, 6.45) is 1.42. The maximum atomic E-state index is 5.69. The van der Waals surface area contributed by atoms with Crippen LogP contribution in [-0.4, -0.2) is 26.7 Å². The Kier molecular flexibility index (Phi) is 3.71. The van der Waals surface area contributed by atoms with Crippen molar-refractivity contribution in [1.29, 1.82) is 0 Å². The Morgan fingerprint density at radius 3 is 2.78 bits per heavy atom. The maximum Gasteiger partial charge on any atom is 0.223 e. The quantitative estimate of drug-likeness (QED) is 0.812. The minimum atomic E-state index is 0.472. The number of hydrogen-bond donors (Lipinski definition) is 2. The minimum Gasteiger partial charge on any atom is -0.384 e. The zero-order valence-electron chi connectivity index (χ0n) is 10.5. The number of nitrogens with two attached hydrogens (primary N) is 1. The van der Waals surface area contributed by atoms with E-state index in [1.165, 1.54) is 0 Å². The zero-order valence-corrected chi connectivity index (χ0v) is 10.5. The molecule has 0 aliphatic heterocycles. The number of anilines is 2. The third-order valence-electron chi connectivity index (χ3n) is 2.33. The van der Waals surface area contributed by atoms with Gasteiger partial charge in [-0.2, -0.15) is 4.98 Å². The van der Waals surface area contributed by atoms with Gasteiger partial charge in [-0.05, 0) is 0 Å². The molecule has 18 heavy (non-hydrogen) atoms. The molecule has 0 bridgehead atoms. The third-order valence-corrected chi connectivity index (χ3v) is 2.33. The van der Waals surface area contributed by atoms with E-state index in [0.29, 0.717) is 30.5 Å². The molecule has 2 aromatic heterocycles. The van der Waals surface area contributed by atoms with Crippen LogP contribution in [0.4, 0.5) is 11.6 Å². The summed E-state index contributed by atoms with van der Waals surface area (Å²) in [5.41, 5.74) is 5.69. The highest BCUT2D eigenvalue weighted by molar-refractivity contribution is 5.44. The monoisotopic (exact) mass is 248 g/mol. The first-order valence-electron chi connectivity index (χ1n) is 5.84. The van der Waals surface area contributed by atoms with Gasteiger partial charge in [-0.15, -0.1) is 0 Å². The van der Waals surface area contributed by atoms with E-state index in [-0.39, 0.29) is 0 Å². The highest BCUT2D eigenvalue weighted by atomic mass is 16.5. The van der Waals surface area contributed by atoms with Crippen LogP contribution in [0.3, 0.4) is 0 Å². The van der Waals surface area contributed by atoms with Gasteiger partial charge in [0.15, 0.2) is 5.82 Å². The number of rotatable bonds is 5. The van der Waals surface area contributed by atoms with Gasteiger partial charge in [-0.3, -0.25) is 0 Å². The highest BCUT2D eigenvalue weighted by Gasteiger charge is 2.03. The topological polar surface area (TPSA) is 103 Å². The van der Waals surface area contributed by atoms with Crippen LogP contribution in [0.5, 0.6) is 0 Å². The number of aryl methyl sites for hydroxylation is 2. The number of aromatic nitrogens is 4. The molecule has 2 rings (SSSR count). The van der Waals surface area contributed by atoms with Crippen molar-refractivity contribution in [3.63, 3.8) is 0 Å². The van der Waals surface area contributed by atoms with E-state index < -0.39 is 0 Å². The molecule has 0 radical (unpaired) electrons. The van der Waals surface area contributed by atoms with E-state index in [9.17, 15) is 0 Å². The Labute approximate surface area is 105 Å². The summed E-state index contributed by atoms with van der Waals surface area (Å²) >= 11 is 0. The van der Waals surface area contributed by atoms with Gasteiger partial charge in [0, 0.05) is 32.4 Å². The van der Waals surface area contributed by atoms with Gasteiger partial charge in [0.1, 0.15) is 17.5 Å². The van der Waals surface area contributed by atoms with Crippen molar-refractivity contribution in [3.05, 3.63) is 23.6 Å². The van der Waals surface area contributed by atoms with Gasteiger partial charge in [0.25, 0.3) is 0 Å². The van der Waals surface area contributed by atoms with Gasteiger partial charge in [-0.25, -0.2) is 9.97 Å². The van der Waals surface area contributed by atoms with Crippen LogP contribution < -0.4 is 11.1 Å². The zero-order chi connectivity index (χ0) is 13.0. The number of hydrogen-bond acceptors (Lipinski definition) is 7. The average Bonchev–Trinajstić information content (AvgIpc) is 2.74. The van der Waals surface area contributed by atoms with Crippen molar-refractivity contribution in [2.24, 2.45) is 0 Å². The number of nitrogens with one attached hydrogen (secondary N) is 1. The SMILES string of the molecule is CCc1nc(N)cc(NCCc2noc(C)n2)n1. The first kappa shape index (κ1) is 12.3. The van der Waals surface area contributed by atoms with Crippen LogP contribution in [0.1, 0.15) is 24.5 Å². The van der Waals surface area contributed by atoms with Crippen molar-refractivity contribution in [3.8, 4) is 0 Å². The lowest BCUT2D eigenvalue weighted by atomic mass is 10.4. The number of nitrogen functional groups attached to an aromatic ring is 1. The van der Waals surface area contributed by atoms with Crippen LogP contribution in [0, 0.1) is 6.92 Å². The number of nitrogens with zero attached hydrogens (tertiary/aromatic N) is 4. The Hall–Kier alpha value is -2.18. The van der Waals surface area contributed by atoms with E-state index >= 15 is 0 Å². The van der Waals surface area contributed by atoms with Crippen LogP contribution in [0.25, 0.3) is 0 Å². The standard InChI is InChI=1S/C11H16N6O/c1-3-9-15-8(12)6-11(16-9)13-5-4-10-14-7(2)18-17-10/h6H,3-5H2,1-2H3,(H3,12,13,15,16). The van der Waals surface area contributed by atoms with Gasteiger partial charge in [0.2, 0.25) is 5.89 Å². The van der Waals surface area contributed by atoms with E-state index in [4.69, 9.17) is 10.3 Å². The summed E-state index contributed by atoms with van der Waals surface area (Å²) in [5, 5.41) is 6.98. The summed E-state index contributed by atoms with van der Waals surface area (Å²) in [7, 11) is 0. The molecule has 0 amide bonds. The molecular weight excluding hydrogens is 232 g/mol. The summed E-state index contributed by atoms with van der Waals surface area (Å²) in [6.45, 7) is 4.42. The second-order valence-electron chi connectivity index (χ2n) is 3.85. The molecule has 0 aliphatic rings. The van der Waals surface area contributed by atoms with Gasteiger partial charge >= 0.3 is 0 Å². The summed E-state index contributed by atoms with van der Waals surface area (Å²) < 4.78 is 4.89. The highest BCUT2D eigenvalue weighted by Crippen LogP contribution is 2.08. The Morgan fingerprint density at radius 1 is 1.28 bits per heavy atom. The normalized spacial score (nSPS) is 10.6. The predicted molar refractivity (Wildman–Crippen MR) is 67.1 cm³/mol. The lowest BCUT2D eigenvalue weighted by Crippen LogP contribution is -2.09. The second-order valence-corrected chi connectivity index (χ2v) is 3.85. The fourth-order valence-electron chi connectivity index (χ4n) is 1.51. The summed E-state index contributed by atoms with van der Waals surface area (Å²) in [6, 6.07) is 1.71. The smallest absolute Gasteiger partial charge is 0.223 e. The average molecular weight is 248 g/mol. The van der Waals surface area contributed by atoms with E-state index in [1.807, 2.05) is 6.92 Å². The first-order valence-corrected chi connectivity index (χ1v) is 5.84. The van der Waals surface area contributed by atoms with Crippen LogP contribution in [0.2, 0.25) is 0 Å².